The second kappa shape index (κ2) is 4.56. The van der Waals surface area contributed by atoms with Crippen LogP contribution in [0.4, 0.5) is 17.6 Å². The van der Waals surface area contributed by atoms with Crippen molar-refractivity contribution in [1.82, 2.24) is 5.32 Å². The third-order valence-electron chi connectivity index (χ3n) is 4.69. The maximum atomic E-state index is 14.3. The Kier molecular flexibility index (Phi) is 2.85. The SMILES string of the molecule is Fc1cc(F)c(-c2ccc(F)c3c2CNCC32CC2)c(F)c1. The van der Waals surface area contributed by atoms with Crippen molar-refractivity contribution in [1.29, 1.82) is 0 Å². The standard InChI is InChI=1S/C17H13F4N/c18-9-5-13(20)15(14(21)6-9)10-1-2-12(19)16-11(10)7-22-8-17(16)3-4-17/h1-2,5-6,22H,3-4,7-8H2. The van der Waals surface area contributed by atoms with Crippen LogP contribution in [0.3, 0.4) is 0 Å². The molecule has 0 amide bonds. The van der Waals surface area contributed by atoms with Crippen LogP contribution in [0.2, 0.25) is 0 Å². The van der Waals surface area contributed by atoms with Gasteiger partial charge >= 0.3 is 0 Å². The largest absolute Gasteiger partial charge is 0.312 e. The minimum absolute atomic E-state index is 0.249. The van der Waals surface area contributed by atoms with Gasteiger partial charge in [0, 0.05) is 36.2 Å². The van der Waals surface area contributed by atoms with Crippen LogP contribution in [0.5, 0.6) is 0 Å². The van der Waals surface area contributed by atoms with E-state index >= 15 is 0 Å². The zero-order chi connectivity index (χ0) is 15.5. The third-order valence-corrected chi connectivity index (χ3v) is 4.69. The fourth-order valence-corrected chi connectivity index (χ4v) is 3.50. The Balaban J connectivity index is 1.99. The van der Waals surface area contributed by atoms with Crippen molar-refractivity contribution in [2.24, 2.45) is 0 Å². The molecule has 1 saturated carbocycles. The summed E-state index contributed by atoms with van der Waals surface area (Å²) in [7, 11) is 0. The lowest BCUT2D eigenvalue weighted by atomic mass is 9.83. The van der Waals surface area contributed by atoms with Crippen molar-refractivity contribution in [3.05, 3.63) is 58.7 Å². The van der Waals surface area contributed by atoms with E-state index in [4.69, 9.17) is 0 Å². The lowest BCUT2D eigenvalue weighted by molar-refractivity contribution is 0.491. The summed E-state index contributed by atoms with van der Waals surface area (Å²) in [6, 6.07) is 3.92. The van der Waals surface area contributed by atoms with Crippen LogP contribution in [0.25, 0.3) is 11.1 Å². The van der Waals surface area contributed by atoms with E-state index in [-0.39, 0.29) is 16.8 Å². The van der Waals surface area contributed by atoms with Crippen LogP contribution in [0.15, 0.2) is 24.3 Å². The predicted molar refractivity (Wildman–Crippen MR) is 74.3 cm³/mol. The molecule has 1 nitrogen and oxygen atoms in total. The first-order chi connectivity index (χ1) is 10.5. The molecule has 0 bridgehead atoms. The van der Waals surface area contributed by atoms with Crippen molar-refractivity contribution in [2.45, 2.75) is 24.8 Å². The molecule has 0 saturated heterocycles. The summed E-state index contributed by atoms with van der Waals surface area (Å²) in [6.45, 7) is 1.02. The van der Waals surface area contributed by atoms with E-state index in [9.17, 15) is 17.6 Å². The average Bonchev–Trinajstić information content (AvgIpc) is 3.20. The Labute approximate surface area is 125 Å². The lowest BCUT2D eigenvalue weighted by Gasteiger charge is -2.29. The smallest absolute Gasteiger partial charge is 0.136 e. The van der Waals surface area contributed by atoms with Gasteiger partial charge in [0.2, 0.25) is 0 Å². The second-order valence-corrected chi connectivity index (χ2v) is 6.08. The molecule has 22 heavy (non-hydrogen) atoms. The zero-order valence-electron chi connectivity index (χ0n) is 11.6. The highest BCUT2D eigenvalue weighted by Gasteiger charge is 2.49. The van der Waals surface area contributed by atoms with Gasteiger partial charge in [0.1, 0.15) is 23.3 Å². The predicted octanol–water partition coefficient (Wildman–Crippen LogP) is 4.04. The highest BCUT2D eigenvalue weighted by molar-refractivity contribution is 5.71. The molecule has 114 valence electrons. The summed E-state index contributed by atoms with van der Waals surface area (Å²) in [5.74, 6) is -3.24. The van der Waals surface area contributed by atoms with Crippen molar-refractivity contribution in [2.75, 3.05) is 6.54 Å². The van der Waals surface area contributed by atoms with Gasteiger partial charge in [0.25, 0.3) is 0 Å². The maximum Gasteiger partial charge on any atom is 0.136 e. The van der Waals surface area contributed by atoms with Crippen LogP contribution in [-0.4, -0.2) is 6.54 Å². The molecule has 2 aromatic carbocycles. The molecule has 4 rings (SSSR count). The molecule has 0 atom stereocenters. The number of hydrogen-bond acceptors (Lipinski definition) is 1. The molecule has 0 aromatic heterocycles. The Bertz CT molecular complexity index is 757. The van der Waals surface area contributed by atoms with E-state index in [1.54, 1.807) is 0 Å². The molecule has 1 spiro atoms. The Morgan fingerprint density at radius 3 is 2.23 bits per heavy atom. The van der Waals surface area contributed by atoms with Gasteiger partial charge in [-0.2, -0.15) is 0 Å². The van der Waals surface area contributed by atoms with Gasteiger partial charge in [0.05, 0.1) is 5.56 Å². The molecular formula is C17H13F4N. The van der Waals surface area contributed by atoms with Crippen LogP contribution in [0, 0.1) is 23.3 Å². The summed E-state index contributed by atoms with van der Waals surface area (Å²) in [6.07, 6.45) is 1.73. The average molecular weight is 307 g/mol. The van der Waals surface area contributed by atoms with E-state index in [0.29, 0.717) is 41.9 Å². The fourth-order valence-electron chi connectivity index (χ4n) is 3.50. The summed E-state index contributed by atoms with van der Waals surface area (Å²) >= 11 is 0. The quantitative estimate of drug-likeness (QED) is 0.784. The molecule has 0 unspecified atom stereocenters. The fraction of sp³-hybridized carbons (Fsp3) is 0.294. The highest BCUT2D eigenvalue weighted by atomic mass is 19.1. The molecule has 1 heterocycles. The Hall–Kier alpha value is -1.88. The molecule has 1 fully saturated rings. The van der Waals surface area contributed by atoms with Gasteiger partial charge in [-0.15, -0.1) is 0 Å². The van der Waals surface area contributed by atoms with Crippen LogP contribution >= 0.6 is 0 Å². The van der Waals surface area contributed by atoms with Gasteiger partial charge < -0.3 is 5.32 Å². The van der Waals surface area contributed by atoms with Crippen molar-refractivity contribution < 1.29 is 17.6 Å². The Morgan fingerprint density at radius 1 is 0.909 bits per heavy atom. The summed E-state index contributed by atoms with van der Waals surface area (Å²) in [5, 5.41) is 3.20. The van der Waals surface area contributed by atoms with E-state index in [2.05, 4.69) is 5.32 Å². The van der Waals surface area contributed by atoms with Crippen molar-refractivity contribution in [3.8, 4) is 11.1 Å². The van der Waals surface area contributed by atoms with E-state index < -0.39 is 17.5 Å². The topological polar surface area (TPSA) is 12.0 Å². The molecule has 2 aliphatic rings. The third kappa shape index (κ3) is 1.88. The molecule has 0 radical (unpaired) electrons. The van der Waals surface area contributed by atoms with Gasteiger partial charge in [-0.05, 0) is 30.0 Å². The van der Waals surface area contributed by atoms with Crippen molar-refractivity contribution >= 4 is 0 Å². The van der Waals surface area contributed by atoms with Gasteiger partial charge in [-0.25, -0.2) is 17.6 Å². The lowest BCUT2D eigenvalue weighted by Crippen LogP contribution is -2.34. The van der Waals surface area contributed by atoms with E-state index in [1.165, 1.54) is 12.1 Å². The maximum absolute atomic E-state index is 14.3. The van der Waals surface area contributed by atoms with E-state index in [0.717, 1.165) is 12.8 Å². The number of rotatable bonds is 1. The molecule has 1 aliphatic carbocycles. The monoisotopic (exact) mass is 307 g/mol. The number of fused-ring (bicyclic) bond motifs is 2. The number of hydrogen-bond donors (Lipinski definition) is 1. The van der Waals surface area contributed by atoms with Gasteiger partial charge in [-0.3, -0.25) is 0 Å². The van der Waals surface area contributed by atoms with Crippen LogP contribution in [-0.2, 0) is 12.0 Å². The summed E-state index contributed by atoms with van der Waals surface area (Å²) in [4.78, 5) is 0. The van der Waals surface area contributed by atoms with Gasteiger partial charge in [-0.1, -0.05) is 6.07 Å². The molecule has 1 N–H and O–H groups in total. The molecule has 5 heteroatoms. The first-order valence-electron chi connectivity index (χ1n) is 7.19. The van der Waals surface area contributed by atoms with Crippen LogP contribution < -0.4 is 5.32 Å². The van der Waals surface area contributed by atoms with Gasteiger partial charge in [0.15, 0.2) is 0 Å². The Morgan fingerprint density at radius 2 is 1.59 bits per heavy atom. The zero-order valence-corrected chi connectivity index (χ0v) is 11.6. The number of benzene rings is 2. The molecular weight excluding hydrogens is 294 g/mol. The highest BCUT2D eigenvalue weighted by Crippen LogP contribution is 2.53. The normalized spacial score (nSPS) is 18.4. The summed E-state index contributed by atoms with van der Waals surface area (Å²) < 4.78 is 55.6. The minimum Gasteiger partial charge on any atom is -0.312 e. The van der Waals surface area contributed by atoms with Crippen LogP contribution in [0.1, 0.15) is 24.0 Å². The minimum atomic E-state index is -0.971. The second-order valence-electron chi connectivity index (χ2n) is 6.08. The van der Waals surface area contributed by atoms with Crippen molar-refractivity contribution in [3.63, 3.8) is 0 Å². The molecule has 1 aliphatic heterocycles. The first kappa shape index (κ1) is 13.8. The summed E-state index contributed by atoms with van der Waals surface area (Å²) in [5.41, 5.74) is 0.891. The number of halogens is 4. The number of nitrogens with one attached hydrogen (secondary N) is 1. The molecule has 2 aromatic rings. The van der Waals surface area contributed by atoms with E-state index in [1.807, 2.05) is 0 Å². The first-order valence-corrected chi connectivity index (χ1v) is 7.19.